The van der Waals surface area contributed by atoms with Gasteiger partial charge in [-0.15, -0.1) is 0 Å². The Kier molecular flexibility index (Phi) is 6.33. The van der Waals surface area contributed by atoms with Crippen LogP contribution in [0.25, 0.3) is 38.9 Å². The molecule has 226 valence electrons. The molecule has 2 aliphatic carbocycles. The highest BCUT2D eigenvalue weighted by Crippen LogP contribution is 2.60. The molecule has 0 N–H and O–H groups in total. The standard InChI is InChI=1S/C45H35NO/c1-45(2)38-19-11-9-17-36(38)42-39(45)29-40(43-37-18-10-12-20-41(37)47-44(42)43)46(34-25-21-32(22-26-34)30-13-5-3-6-14-30)35-27-23-33(24-28-35)31-15-7-4-8-16-31/h3-29,39,42H,1-2H3. The van der Waals surface area contributed by atoms with Gasteiger partial charge in [0.15, 0.2) is 0 Å². The Balaban J connectivity index is 1.27. The molecule has 47 heavy (non-hydrogen) atoms. The summed E-state index contributed by atoms with van der Waals surface area (Å²) in [5.41, 5.74) is 13.1. The van der Waals surface area contributed by atoms with Gasteiger partial charge in [0.2, 0.25) is 0 Å². The maximum Gasteiger partial charge on any atom is 0.135 e. The van der Waals surface area contributed by atoms with Gasteiger partial charge < -0.3 is 9.32 Å². The third-order valence-electron chi connectivity index (χ3n) is 10.4. The number of benzene rings is 6. The van der Waals surface area contributed by atoms with Gasteiger partial charge in [0.05, 0.1) is 11.6 Å². The van der Waals surface area contributed by atoms with E-state index in [4.69, 9.17) is 4.42 Å². The fourth-order valence-electron chi connectivity index (χ4n) is 8.04. The second kappa shape index (κ2) is 10.7. The zero-order valence-corrected chi connectivity index (χ0v) is 26.6. The minimum absolute atomic E-state index is 0.0663. The second-order valence-corrected chi connectivity index (χ2v) is 13.4. The first-order valence-corrected chi connectivity index (χ1v) is 16.5. The number of anilines is 2. The van der Waals surface area contributed by atoms with Crippen LogP contribution in [0, 0.1) is 5.92 Å². The molecule has 2 nitrogen and oxygen atoms in total. The number of hydrogen-bond donors (Lipinski definition) is 0. The molecule has 0 radical (unpaired) electrons. The third-order valence-corrected chi connectivity index (χ3v) is 10.4. The monoisotopic (exact) mass is 605 g/mol. The van der Waals surface area contributed by atoms with Crippen LogP contribution in [-0.4, -0.2) is 0 Å². The smallest absolute Gasteiger partial charge is 0.135 e. The summed E-state index contributed by atoms with van der Waals surface area (Å²) in [5.74, 6) is 1.46. The lowest BCUT2D eigenvalue weighted by Crippen LogP contribution is -2.30. The van der Waals surface area contributed by atoms with E-state index >= 15 is 0 Å². The van der Waals surface area contributed by atoms with Gasteiger partial charge >= 0.3 is 0 Å². The molecule has 0 aliphatic heterocycles. The van der Waals surface area contributed by atoms with Gasteiger partial charge in [0, 0.05) is 28.2 Å². The van der Waals surface area contributed by atoms with Crippen molar-refractivity contribution in [2.45, 2.75) is 25.2 Å². The number of allylic oxidation sites excluding steroid dienone is 1. The van der Waals surface area contributed by atoms with Crippen molar-refractivity contribution in [2.24, 2.45) is 5.92 Å². The molecule has 2 atom stereocenters. The van der Waals surface area contributed by atoms with E-state index in [1.165, 1.54) is 44.6 Å². The van der Waals surface area contributed by atoms with Crippen LogP contribution in [0.1, 0.15) is 42.2 Å². The van der Waals surface area contributed by atoms with Crippen LogP contribution < -0.4 is 4.90 Å². The van der Waals surface area contributed by atoms with Gasteiger partial charge in [-0.3, -0.25) is 0 Å². The lowest BCUT2D eigenvalue weighted by atomic mass is 9.71. The predicted octanol–water partition coefficient (Wildman–Crippen LogP) is 12.0. The number of nitrogens with zero attached hydrogens (tertiary/aromatic N) is 1. The molecule has 1 heterocycles. The van der Waals surface area contributed by atoms with E-state index in [1.807, 2.05) is 0 Å². The fraction of sp³-hybridized carbons (Fsp3) is 0.111. The van der Waals surface area contributed by atoms with Crippen LogP contribution in [0.5, 0.6) is 0 Å². The van der Waals surface area contributed by atoms with Gasteiger partial charge in [-0.2, -0.15) is 0 Å². The van der Waals surface area contributed by atoms with E-state index in [2.05, 4.69) is 183 Å². The molecule has 2 unspecified atom stereocenters. The predicted molar refractivity (Wildman–Crippen MR) is 195 cm³/mol. The van der Waals surface area contributed by atoms with Gasteiger partial charge in [-0.1, -0.05) is 147 Å². The number of rotatable bonds is 5. The topological polar surface area (TPSA) is 16.4 Å². The largest absolute Gasteiger partial charge is 0.460 e. The molecule has 0 bridgehead atoms. The van der Waals surface area contributed by atoms with Crippen molar-refractivity contribution >= 4 is 28.0 Å². The molecule has 0 fully saturated rings. The van der Waals surface area contributed by atoms with Crippen molar-refractivity contribution < 1.29 is 4.42 Å². The summed E-state index contributed by atoms with van der Waals surface area (Å²) in [6.07, 6.45) is 2.55. The molecule has 2 heteroatoms. The fourth-order valence-corrected chi connectivity index (χ4v) is 8.04. The molecule has 0 saturated heterocycles. The zero-order chi connectivity index (χ0) is 31.5. The van der Waals surface area contributed by atoms with Gasteiger partial charge in [-0.25, -0.2) is 0 Å². The Morgan fingerprint density at radius 1 is 0.532 bits per heavy atom. The zero-order valence-electron chi connectivity index (χ0n) is 26.6. The van der Waals surface area contributed by atoms with E-state index in [0.717, 1.165) is 28.1 Å². The minimum atomic E-state index is -0.0663. The average Bonchev–Trinajstić information content (AvgIpc) is 3.63. The van der Waals surface area contributed by atoms with Gasteiger partial charge in [0.25, 0.3) is 0 Å². The summed E-state index contributed by atoms with van der Waals surface area (Å²) in [6.45, 7) is 4.79. The Labute approximate surface area is 276 Å². The molecule has 7 aromatic rings. The molecule has 0 saturated carbocycles. The van der Waals surface area contributed by atoms with E-state index in [0.29, 0.717) is 0 Å². The van der Waals surface area contributed by atoms with E-state index in [-0.39, 0.29) is 17.3 Å². The number of fused-ring (bicyclic) bond motifs is 7. The Morgan fingerprint density at radius 2 is 1.04 bits per heavy atom. The maximum absolute atomic E-state index is 6.89. The van der Waals surface area contributed by atoms with Crippen LogP contribution in [0.2, 0.25) is 0 Å². The molecule has 9 rings (SSSR count). The number of furan rings is 1. The van der Waals surface area contributed by atoms with Crippen molar-refractivity contribution in [2.75, 3.05) is 4.90 Å². The van der Waals surface area contributed by atoms with Crippen LogP contribution in [0.4, 0.5) is 11.4 Å². The summed E-state index contributed by atoms with van der Waals surface area (Å²) in [6, 6.07) is 56.7. The molecule has 6 aromatic carbocycles. The van der Waals surface area contributed by atoms with Crippen molar-refractivity contribution in [3.8, 4) is 22.3 Å². The molecule has 0 amide bonds. The van der Waals surface area contributed by atoms with Crippen molar-refractivity contribution in [3.05, 3.63) is 186 Å². The molecule has 2 aliphatic rings. The number of para-hydroxylation sites is 1. The Hall–Kier alpha value is -5.60. The maximum atomic E-state index is 6.89. The average molecular weight is 606 g/mol. The lowest BCUT2D eigenvalue weighted by Gasteiger charge is -2.37. The van der Waals surface area contributed by atoms with E-state index in [9.17, 15) is 0 Å². The van der Waals surface area contributed by atoms with Crippen LogP contribution >= 0.6 is 0 Å². The lowest BCUT2D eigenvalue weighted by molar-refractivity contribution is 0.359. The first kappa shape index (κ1) is 27.7. The van der Waals surface area contributed by atoms with Crippen LogP contribution in [0.3, 0.4) is 0 Å². The van der Waals surface area contributed by atoms with Crippen molar-refractivity contribution in [1.29, 1.82) is 0 Å². The summed E-state index contributed by atoms with van der Waals surface area (Å²) in [4.78, 5) is 2.44. The van der Waals surface area contributed by atoms with Crippen LogP contribution in [-0.2, 0) is 5.41 Å². The molecular weight excluding hydrogens is 571 g/mol. The molecule has 1 aromatic heterocycles. The van der Waals surface area contributed by atoms with Crippen molar-refractivity contribution in [3.63, 3.8) is 0 Å². The van der Waals surface area contributed by atoms with Gasteiger partial charge in [-0.05, 0) is 69.1 Å². The number of hydrogen-bond acceptors (Lipinski definition) is 2. The first-order chi connectivity index (χ1) is 23.1. The summed E-state index contributed by atoms with van der Waals surface area (Å²) in [5, 5.41) is 1.15. The summed E-state index contributed by atoms with van der Waals surface area (Å²) < 4.78 is 6.89. The Bertz CT molecular complexity index is 2170. The van der Waals surface area contributed by atoms with E-state index < -0.39 is 0 Å². The first-order valence-electron chi connectivity index (χ1n) is 16.5. The molecule has 0 spiro atoms. The quantitative estimate of drug-likeness (QED) is 0.194. The molecular formula is C45H35NO. The van der Waals surface area contributed by atoms with Crippen LogP contribution in [0.15, 0.2) is 168 Å². The Morgan fingerprint density at radius 3 is 1.66 bits per heavy atom. The second-order valence-electron chi connectivity index (χ2n) is 13.4. The highest BCUT2D eigenvalue weighted by atomic mass is 16.3. The SMILES string of the molecule is CC1(C)c2ccccc2C2c3oc4ccccc4c3C(N(c3ccc(-c4ccccc4)cc3)c3ccc(-c4ccccc4)cc3)=CC21. The van der Waals surface area contributed by atoms with E-state index in [1.54, 1.807) is 0 Å². The summed E-state index contributed by atoms with van der Waals surface area (Å²) >= 11 is 0. The summed E-state index contributed by atoms with van der Waals surface area (Å²) in [7, 11) is 0. The van der Waals surface area contributed by atoms with Gasteiger partial charge in [0.1, 0.15) is 11.3 Å². The highest BCUT2D eigenvalue weighted by Gasteiger charge is 2.51. The third kappa shape index (κ3) is 4.40. The highest BCUT2D eigenvalue weighted by molar-refractivity contribution is 6.01. The normalized spacial score (nSPS) is 17.4. The minimum Gasteiger partial charge on any atom is -0.460 e. The van der Waals surface area contributed by atoms with Crippen molar-refractivity contribution in [1.82, 2.24) is 0 Å².